The first-order valence-corrected chi connectivity index (χ1v) is 7.98. The Morgan fingerprint density at radius 1 is 1.08 bits per heavy atom. The van der Waals surface area contributed by atoms with Gasteiger partial charge in [-0.2, -0.15) is 0 Å². The Hall–Kier alpha value is -3.15. The third-order valence-electron chi connectivity index (χ3n) is 3.75. The molecule has 0 aliphatic heterocycles. The zero-order valence-electron chi connectivity index (χ0n) is 13.8. The molecule has 0 spiro atoms. The maximum Gasteiger partial charge on any atom is 0.311 e. The molecule has 25 heavy (non-hydrogen) atoms. The minimum Gasteiger partial charge on any atom is -0.497 e. The van der Waals surface area contributed by atoms with E-state index in [9.17, 15) is 9.59 Å². The van der Waals surface area contributed by atoms with Gasteiger partial charge in [-0.3, -0.25) is 9.59 Å². The van der Waals surface area contributed by atoms with Gasteiger partial charge in [-0.25, -0.2) is 4.98 Å². The summed E-state index contributed by atoms with van der Waals surface area (Å²) in [6, 6.07) is 14.0. The average molecular weight is 338 g/mol. The van der Waals surface area contributed by atoms with Gasteiger partial charge >= 0.3 is 5.97 Å². The lowest BCUT2D eigenvalue weighted by atomic mass is 10.2. The zero-order valence-corrected chi connectivity index (χ0v) is 13.8. The summed E-state index contributed by atoms with van der Waals surface area (Å²) >= 11 is 0. The van der Waals surface area contributed by atoms with Gasteiger partial charge in [-0.15, -0.1) is 0 Å². The van der Waals surface area contributed by atoms with E-state index in [1.807, 2.05) is 6.07 Å². The van der Waals surface area contributed by atoms with Crippen molar-refractivity contribution in [3.63, 3.8) is 0 Å². The van der Waals surface area contributed by atoms with Gasteiger partial charge in [0.25, 0.3) is 5.56 Å². The summed E-state index contributed by atoms with van der Waals surface area (Å²) in [5.41, 5.74) is 0.489. The number of carbonyl (C=O) groups is 1. The Kier molecular flexibility index (Phi) is 5.09. The molecule has 1 aromatic heterocycles. The van der Waals surface area contributed by atoms with Crippen molar-refractivity contribution < 1.29 is 14.3 Å². The number of ether oxygens (including phenoxy) is 2. The highest BCUT2D eigenvalue weighted by atomic mass is 16.5. The number of esters is 1. The van der Waals surface area contributed by atoms with Crippen LogP contribution in [0.1, 0.15) is 18.7 Å². The van der Waals surface area contributed by atoms with Gasteiger partial charge in [0.15, 0.2) is 0 Å². The highest BCUT2D eigenvalue weighted by Gasteiger charge is 2.07. The van der Waals surface area contributed by atoms with E-state index in [-0.39, 0.29) is 17.9 Å². The fourth-order valence-corrected chi connectivity index (χ4v) is 2.48. The number of fused-ring (bicyclic) bond motifs is 1. The summed E-state index contributed by atoms with van der Waals surface area (Å²) < 4.78 is 10.3. The number of carbonyl (C=O) groups excluding carboxylic acids is 1. The second-order valence-corrected chi connectivity index (χ2v) is 5.53. The number of aromatic amines is 1. The molecule has 2 aromatic carbocycles. The van der Waals surface area contributed by atoms with Crippen LogP contribution in [0.5, 0.6) is 11.5 Å². The number of para-hydroxylation sites is 1. The summed E-state index contributed by atoms with van der Waals surface area (Å²) in [6.07, 6.45) is 1.27. The van der Waals surface area contributed by atoms with Crippen LogP contribution in [-0.4, -0.2) is 23.0 Å². The Bertz CT molecular complexity index is 932. The van der Waals surface area contributed by atoms with E-state index in [1.165, 1.54) is 0 Å². The number of aryl methyl sites for hydroxylation is 1. The van der Waals surface area contributed by atoms with Crippen LogP contribution < -0.4 is 15.0 Å². The largest absolute Gasteiger partial charge is 0.497 e. The minimum absolute atomic E-state index is 0.165. The summed E-state index contributed by atoms with van der Waals surface area (Å²) in [5.74, 6) is 1.42. The number of methoxy groups -OCH3 is 1. The van der Waals surface area contributed by atoms with Crippen molar-refractivity contribution in [3.05, 3.63) is 64.7 Å². The monoisotopic (exact) mass is 338 g/mol. The van der Waals surface area contributed by atoms with Gasteiger partial charge in [-0.05, 0) is 42.8 Å². The molecule has 128 valence electrons. The van der Waals surface area contributed by atoms with Gasteiger partial charge in [0, 0.05) is 12.8 Å². The van der Waals surface area contributed by atoms with E-state index in [2.05, 4.69) is 9.97 Å². The molecule has 6 heteroatoms. The van der Waals surface area contributed by atoms with Gasteiger partial charge in [0.1, 0.15) is 17.3 Å². The van der Waals surface area contributed by atoms with Crippen molar-refractivity contribution in [2.24, 2.45) is 0 Å². The predicted octanol–water partition coefficient (Wildman–Crippen LogP) is 2.86. The summed E-state index contributed by atoms with van der Waals surface area (Å²) in [6.45, 7) is 0. The molecule has 0 amide bonds. The van der Waals surface area contributed by atoms with E-state index in [0.29, 0.717) is 41.1 Å². The lowest BCUT2D eigenvalue weighted by Crippen LogP contribution is -2.13. The highest BCUT2D eigenvalue weighted by molar-refractivity contribution is 5.77. The Balaban J connectivity index is 1.55. The number of hydrogen-bond acceptors (Lipinski definition) is 5. The van der Waals surface area contributed by atoms with Crippen molar-refractivity contribution in [2.45, 2.75) is 19.3 Å². The second kappa shape index (κ2) is 7.61. The summed E-state index contributed by atoms with van der Waals surface area (Å²) in [7, 11) is 1.58. The van der Waals surface area contributed by atoms with E-state index in [0.717, 1.165) is 0 Å². The molecule has 6 nitrogen and oxygen atoms in total. The van der Waals surface area contributed by atoms with E-state index in [1.54, 1.807) is 49.6 Å². The second-order valence-electron chi connectivity index (χ2n) is 5.53. The Morgan fingerprint density at radius 3 is 2.56 bits per heavy atom. The topological polar surface area (TPSA) is 81.3 Å². The molecule has 0 unspecified atom stereocenters. The SMILES string of the molecule is COc1ccc(OC(=O)CCCc2nc3ccccc3c(=O)[nH]2)cc1. The number of hydrogen-bond donors (Lipinski definition) is 1. The van der Waals surface area contributed by atoms with Crippen LogP contribution in [0.2, 0.25) is 0 Å². The van der Waals surface area contributed by atoms with Crippen molar-refractivity contribution in [2.75, 3.05) is 7.11 Å². The molecule has 0 saturated carbocycles. The normalized spacial score (nSPS) is 10.6. The molecule has 0 aliphatic carbocycles. The first-order valence-electron chi connectivity index (χ1n) is 7.98. The molecule has 0 aliphatic rings. The molecular formula is C19H18N2O4. The van der Waals surface area contributed by atoms with Crippen LogP contribution in [-0.2, 0) is 11.2 Å². The lowest BCUT2D eigenvalue weighted by molar-refractivity contribution is -0.134. The lowest BCUT2D eigenvalue weighted by Gasteiger charge is -2.06. The number of aromatic nitrogens is 2. The number of rotatable bonds is 6. The average Bonchev–Trinajstić information content (AvgIpc) is 2.62. The van der Waals surface area contributed by atoms with Crippen LogP contribution in [0.15, 0.2) is 53.3 Å². The molecule has 0 saturated heterocycles. The van der Waals surface area contributed by atoms with Crippen LogP contribution in [0.4, 0.5) is 0 Å². The maximum atomic E-state index is 12.0. The molecule has 0 fully saturated rings. The molecule has 3 aromatic rings. The van der Waals surface area contributed by atoms with E-state index in [4.69, 9.17) is 9.47 Å². The van der Waals surface area contributed by atoms with Crippen LogP contribution >= 0.6 is 0 Å². The molecule has 3 rings (SSSR count). The summed E-state index contributed by atoms with van der Waals surface area (Å²) in [4.78, 5) is 31.1. The zero-order chi connectivity index (χ0) is 17.6. The molecule has 0 atom stereocenters. The van der Waals surface area contributed by atoms with Crippen LogP contribution in [0.3, 0.4) is 0 Å². The molecule has 0 radical (unpaired) electrons. The van der Waals surface area contributed by atoms with Crippen LogP contribution in [0, 0.1) is 0 Å². The van der Waals surface area contributed by atoms with Crippen molar-refractivity contribution in [1.82, 2.24) is 9.97 Å². The Morgan fingerprint density at radius 2 is 1.80 bits per heavy atom. The minimum atomic E-state index is -0.326. The fourth-order valence-electron chi connectivity index (χ4n) is 2.48. The van der Waals surface area contributed by atoms with Gasteiger partial charge in [-0.1, -0.05) is 12.1 Å². The van der Waals surface area contributed by atoms with Crippen molar-refractivity contribution in [3.8, 4) is 11.5 Å². The third-order valence-corrected chi connectivity index (χ3v) is 3.75. The summed E-state index contributed by atoms with van der Waals surface area (Å²) in [5, 5.41) is 0.560. The fraction of sp³-hybridized carbons (Fsp3) is 0.211. The van der Waals surface area contributed by atoms with Crippen molar-refractivity contribution >= 4 is 16.9 Å². The quantitative estimate of drug-likeness (QED) is 0.552. The smallest absolute Gasteiger partial charge is 0.311 e. The van der Waals surface area contributed by atoms with Gasteiger partial charge in [0.05, 0.1) is 18.0 Å². The van der Waals surface area contributed by atoms with E-state index >= 15 is 0 Å². The molecular weight excluding hydrogens is 320 g/mol. The first-order chi connectivity index (χ1) is 12.2. The number of benzene rings is 2. The number of nitrogens with one attached hydrogen (secondary N) is 1. The predicted molar refractivity (Wildman–Crippen MR) is 93.9 cm³/mol. The maximum absolute atomic E-state index is 12.0. The third kappa shape index (κ3) is 4.23. The molecule has 0 bridgehead atoms. The van der Waals surface area contributed by atoms with Gasteiger partial charge < -0.3 is 14.5 Å². The van der Waals surface area contributed by atoms with Crippen LogP contribution in [0.25, 0.3) is 10.9 Å². The number of H-pyrrole nitrogens is 1. The molecule has 1 heterocycles. The first kappa shape index (κ1) is 16.7. The Labute approximate surface area is 144 Å². The van der Waals surface area contributed by atoms with Gasteiger partial charge in [0.2, 0.25) is 0 Å². The highest BCUT2D eigenvalue weighted by Crippen LogP contribution is 2.17. The molecule has 1 N–H and O–H groups in total. The van der Waals surface area contributed by atoms with E-state index < -0.39 is 0 Å². The number of nitrogens with zero attached hydrogens (tertiary/aromatic N) is 1. The van der Waals surface area contributed by atoms with Crippen molar-refractivity contribution in [1.29, 1.82) is 0 Å². The standard InChI is InChI=1S/C19H18N2O4/c1-24-13-9-11-14(12-10-13)25-18(22)8-4-7-17-20-16-6-3-2-5-15(16)19(23)21-17/h2-3,5-6,9-12H,4,7-8H2,1H3,(H,20,21,23).